The van der Waals surface area contributed by atoms with Crippen LogP contribution in [-0.4, -0.2) is 23.8 Å². The van der Waals surface area contributed by atoms with E-state index in [-0.39, 0.29) is 6.61 Å². The Bertz CT molecular complexity index is 355. The molecule has 0 aromatic carbocycles. The van der Waals surface area contributed by atoms with Crippen LogP contribution in [0, 0.1) is 0 Å². The molecule has 1 aromatic rings. The lowest BCUT2D eigenvalue weighted by Crippen LogP contribution is -2.28. The molecule has 0 aliphatic heterocycles. The number of nitrogens with one attached hydrogen (secondary N) is 1. The van der Waals surface area contributed by atoms with E-state index in [9.17, 15) is 13.2 Å². The molecule has 3 nitrogen and oxygen atoms in total. The molecule has 0 amide bonds. The monoisotopic (exact) mass is 248 g/mol. The van der Waals surface area contributed by atoms with E-state index in [4.69, 9.17) is 4.74 Å². The van der Waals surface area contributed by atoms with Gasteiger partial charge in [0.05, 0.1) is 12.3 Å². The summed E-state index contributed by atoms with van der Waals surface area (Å²) >= 11 is 0. The van der Waals surface area contributed by atoms with Gasteiger partial charge in [0.2, 0.25) is 0 Å². The lowest BCUT2D eigenvalue weighted by Gasteiger charge is -2.16. The summed E-state index contributed by atoms with van der Waals surface area (Å²) in [4.78, 5) is 3.94. The zero-order chi connectivity index (χ0) is 12.9. The van der Waals surface area contributed by atoms with Gasteiger partial charge in [-0.15, -0.1) is 0 Å². The van der Waals surface area contributed by atoms with Crippen molar-refractivity contribution in [3.05, 3.63) is 24.0 Å². The summed E-state index contributed by atoms with van der Waals surface area (Å²) in [7, 11) is 0. The molecule has 0 bridgehead atoms. The van der Waals surface area contributed by atoms with E-state index in [1.807, 2.05) is 6.92 Å². The average Bonchev–Trinajstić information content (AvgIpc) is 2.25. The maximum Gasteiger partial charge on any atom is 0.414 e. The molecule has 0 fully saturated rings. The van der Waals surface area contributed by atoms with Crippen LogP contribution < -0.4 is 5.32 Å². The molecule has 0 saturated carbocycles. The molecule has 1 rings (SSSR count). The molecule has 0 saturated heterocycles. The van der Waals surface area contributed by atoms with Crippen LogP contribution in [0.25, 0.3) is 0 Å². The zero-order valence-corrected chi connectivity index (χ0v) is 9.71. The predicted octanol–water partition coefficient (Wildman–Crippen LogP) is 2.98. The largest absolute Gasteiger partial charge is 0.414 e. The fourth-order valence-electron chi connectivity index (χ4n) is 1.18. The molecule has 0 radical (unpaired) electrons. The third kappa shape index (κ3) is 4.60. The molecule has 1 N–H and O–H groups in total. The Morgan fingerprint density at radius 3 is 2.76 bits per heavy atom. The van der Waals surface area contributed by atoms with E-state index in [0.29, 0.717) is 5.69 Å². The molecule has 1 atom stereocenters. The van der Waals surface area contributed by atoms with Crippen molar-refractivity contribution in [1.29, 1.82) is 0 Å². The Balaban J connectivity index is 2.54. The highest BCUT2D eigenvalue weighted by molar-refractivity contribution is 5.42. The van der Waals surface area contributed by atoms with Crippen molar-refractivity contribution < 1.29 is 17.9 Å². The van der Waals surface area contributed by atoms with Crippen LogP contribution >= 0.6 is 0 Å². The number of anilines is 1. The summed E-state index contributed by atoms with van der Waals surface area (Å²) in [6.07, 6.45) is -4.58. The molecule has 0 aliphatic carbocycles. The highest BCUT2D eigenvalue weighted by atomic mass is 19.4. The van der Waals surface area contributed by atoms with E-state index in [1.165, 1.54) is 6.20 Å². The lowest BCUT2D eigenvalue weighted by molar-refractivity contribution is -0.217. The number of alkyl halides is 3. The normalized spacial score (nSPS) is 13.5. The maximum atomic E-state index is 12.2. The first-order valence-corrected chi connectivity index (χ1v) is 5.30. The van der Waals surface area contributed by atoms with Crippen LogP contribution in [0.3, 0.4) is 0 Å². The number of halogens is 3. The van der Waals surface area contributed by atoms with Gasteiger partial charge in [-0.3, -0.25) is 4.98 Å². The molecule has 1 aromatic heterocycles. The van der Waals surface area contributed by atoms with E-state index in [0.717, 1.165) is 19.2 Å². The summed E-state index contributed by atoms with van der Waals surface area (Å²) in [6, 6.07) is 3.42. The summed E-state index contributed by atoms with van der Waals surface area (Å²) in [6.45, 7) is 3.50. The number of hydrogen-bond donors (Lipinski definition) is 1. The minimum Gasteiger partial charge on any atom is -0.385 e. The molecular weight excluding hydrogens is 233 g/mol. The Labute approximate surface area is 98.0 Å². The number of ether oxygens (including phenoxy) is 1. The van der Waals surface area contributed by atoms with Crippen molar-refractivity contribution in [3.63, 3.8) is 0 Å². The van der Waals surface area contributed by atoms with Crippen LogP contribution in [0.2, 0.25) is 0 Å². The van der Waals surface area contributed by atoms with E-state index < -0.39 is 12.3 Å². The SMILES string of the molecule is CCNc1ccnc(COC(C)C(F)(F)F)c1. The molecule has 96 valence electrons. The molecular formula is C11H15F3N2O. The Kier molecular flexibility index (Phi) is 4.74. The molecule has 0 spiro atoms. The van der Waals surface area contributed by atoms with Gasteiger partial charge in [0.1, 0.15) is 0 Å². The van der Waals surface area contributed by atoms with E-state index in [2.05, 4.69) is 10.3 Å². The number of nitrogens with zero attached hydrogens (tertiary/aromatic N) is 1. The molecule has 1 heterocycles. The van der Waals surface area contributed by atoms with Crippen molar-refractivity contribution in [2.24, 2.45) is 0 Å². The molecule has 17 heavy (non-hydrogen) atoms. The van der Waals surface area contributed by atoms with Gasteiger partial charge in [-0.05, 0) is 26.0 Å². The summed E-state index contributed by atoms with van der Waals surface area (Å²) < 4.78 is 41.3. The lowest BCUT2D eigenvalue weighted by atomic mass is 10.3. The number of hydrogen-bond acceptors (Lipinski definition) is 3. The number of rotatable bonds is 5. The Hall–Kier alpha value is -1.30. The van der Waals surface area contributed by atoms with Crippen LogP contribution in [0.5, 0.6) is 0 Å². The van der Waals surface area contributed by atoms with Crippen LogP contribution in [0.1, 0.15) is 19.5 Å². The fourth-order valence-corrected chi connectivity index (χ4v) is 1.18. The summed E-state index contributed by atoms with van der Waals surface area (Å²) in [5.74, 6) is 0. The second-order valence-electron chi connectivity index (χ2n) is 3.56. The highest BCUT2D eigenvalue weighted by Crippen LogP contribution is 2.23. The Morgan fingerprint density at radius 1 is 1.47 bits per heavy atom. The minimum atomic E-state index is -4.33. The van der Waals surface area contributed by atoms with E-state index in [1.54, 1.807) is 12.1 Å². The second kappa shape index (κ2) is 5.86. The Morgan fingerprint density at radius 2 is 2.18 bits per heavy atom. The van der Waals surface area contributed by atoms with Crippen molar-refractivity contribution in [3.8, 4) is 0 Å². The van der Waals surface area contributed by atoms with Gasteiger partial charge in [0, 0.05) is 18.4 Å². The smallest absolute Gasteiger partial charge is 0.385 e. The van der Waals surface area contributed by atoms with Crippen LogP contribution in [-0.2, 0) is 11.3 Å². The third-order valence-electron chi connectivity index (χ3n) is 2.14. The first-order chi connectivity index (χ1) is 7.93. The van der Waals surface area contributed by atoms with E-state index >= 15 is 0 Å². The first kappa shape index (κ1) is 13.8. The fraction of sp³-hybridized carbons (Fsp3) is 0.545. The van der Waals surface area contributed by atoms with Gasteiger partial charge in [-0.2, -0.15) is 13.2 Å². The van der Waals surface area contributed by atoms with Crippen molar-refractivity contribution >= 4 is 5.69 Å². The molecule has 0 aliphatic rings. The third-order valence-corrected chi connectivity index (χ3v) is 2.14. The second-order valence-corrected chi connectivity index (χ2v) is 3.56. The molecule has 6 heteroatoms. The zero-order valence-electron chi connectivity index (χ0n) is 9.71. The van der Waals surface area contributed by atoms with Gasteiger partial charge in [0.15, 0.2) is 6.10 Å². The maximum absolute atomic E-state index is 12.2. The summed E-state index contributed by atoms with van der Waals surface area (Å²) in [5, 5.41) is 3.05. The minimum absolute atomic E-state index is 0.153. The van der Waals surface area contributed by atoms with Crippen LogP contribution in [0.15, 0.2) is 18.3 Å². The van der Waals surface area contributed by atoms with Gasteiger partial charge in [-0.25, -0.2) is 0 Å². The van der Waals surface area contributed by atoms with Gasteiger partial charge in [-0.1, -0.05) is 0 Å². The number of aromatic nitrogens is 1. The number of pyridine rings is 1. The topological polar surface area (TPSA) is 34.2 Å². The first-order valence-electron chi connectivity index (χ1n) is 5.30. The van der Waals surface area contributed by atoms with Crippen molar-refractivity contribution in [2.45, 2.75) is 32.7 Å². The summed E-state index contributed by atoms with van der Waals surface area (Å²) in [5.41, 5.74) is 1.29. The highest BCUT2D eigenvalue weighted by Gasteiger charge is 2.36. The van der Waals surface area contributed by atoms with Crippen molar-refractivity contribution in [1.82, 2.24) is 4.98 Å². The predicted molar refractivity (Wildman–Crippen MR) is 58.7 cm³/mol. The molecule has 1 unspecified atom stereocenters. The van der Waals surface area contributed by atoms with Crippen LogP contribution in [0.4, 0.5) is 18.9 Å². The quantitative estimate of drug-likeness (QED) is 0.869. The van der Waals surface area contributed by atoms with Crippen molar-refractivity contribution in [2.75, 3.05) is 11.9 Å². The van der Waals surface area contributed by atoms with Gasteiger partial charge in [0.25, 0.3) is 0 Å². The average molecular weight is 248 g/mol. The standard InChI is InChI=1S/C11H15F3N2O/c1-3-15-9-4-5-16-10(6-9)7-17-8(2)11(12,13)14/h4-6,8H,3,7H2,1-2H3,(H,15,16). The van der Waals surface area contributed by atoms with Gasteiger partial charge < -0.3 is 10.1 Å². The van der Waals surface area contributed by atoms with Gasteiger partial charge >= 0.3 is 6.18 Å².